The highest BCUT2D eigenvalue weighted by atomic mass is 127. The second kappa shape index (κ2) is 5.21. The average Bonchev–Trinajstić information content (AvgIpc) is 2.82. The minimum Gasteiger partial charge on any atom is -0.480 e. The van der Waals surface area contributed by atoms with E-state index in [-0.39, 0.29) is 5.91 Å². The normalized spacial score (nSPS) is 16.6. The van der Waals surface area contributed by atoms with Crippen LogP contribution in [0.15, 0.2) is 48.5 Å². The molecule has 2 aromatic carbocycles. The van der Waals surface area contributed by atoms with E-state index < -0.39 is 6.10 Å². The molecule has 0 spiro atoms. The first-order chi connectivity index (χ1) is 9.22. The number of anilines is 1. The van der Waals surface area contributed by atoms with Gasteiger partial charge in [-0.05, 0) is 52.4 Å². The lowest BCUT2D eigenvalue weighted by atomic mass is 10.1. The molecule has 1 aliphatic rings. The number of carbonyl (C=O) groups is 1. The van der Waals surface area contributed by atoms with E-state index in [0.717, 1.165) is 20.6 Å². The summed E-state index contributed by atoms with van der Waals surface area (Å²) in [6.45, 7) is 0. The van der Waals surface area contributed by atoms with Crippen molar-refractivity contribution >= 4 is 34.2 Å². The van der Waals surface area contributed by atoms with Gasteiger partial charge in [-0.15, -0.1) is 0 Å². The lowest BCUT2D eigenvalue weighted by Crippen LogP contribution is -2.31. The number of hydrogen-bond acceptors (Lipinski definition) is 2. The number of fused-ring (bicyclic) bond motifs is 1. The van der Waals surface area contributed by atoms with Crippen molar-refractivity contribution in [1.82, 2.24) is 0 Å². The van der Waals surface area contributed by atoms with Crippen LogP contribution in [0.2, 0.25) is 0 Å². The monoisotopic (exact) mass is 365 g/mol. The fourth-order valence-corrected chi connectivity index (χ4v) is 2.66. The van der Waals surface area contributed by atoms with Gasteiger partial charge in [0, 0.05) is 15.7 Å². The Morgan fingerprint density at radius 3 is 2.84 bits per heavy atom. The molecule has 0 fully saturated rings. The minimum absolute atomic E-state index is 0.0989. The number of benzene rings is 2. The summed E-state index contributed by atoms with van der Waals surface area (Å²) in [4.78, 5) is 12.2. The van der Waals surface area contributed by atoms with Crippen LogP contribution in [-0.4, -0.2) is 12.0 Å². The third kappa shape index (κ3) is 2.73. The molecule has 0 aromatic heterocycles. The van der Waals surface area contributed by atoms with Crippen molar-refractivity contribution in [1.29, 1.82) is 0 Å². The van der Waals surface area contributed by atoms with E-state index in [9.17, 15) is 4.79 Å². The van der Waals surface area contributed by atoms with Crippen LogP contribution >= 0.6 is 22.6 Å². The summed E-state index contributed by atoms with van der Waals surface area (Å²) < 4.78 is 6.75. The summed E-state index contributed by atoms with van der Waals surface area (Å²) in [5.41, 5.74) is 1.89. The van der Waals surface area contributed by atoms with Crippen molar-refractivity contribution in [2.75, 3.05) is 5.32 Å². The first kappa shape index (κ1) is 12.5. The predicted molar refractivity (Wildman–Crippen MR) is 82.4 cm³/mol. The van der Waals surface area contributed by atoms with Gasteiger partial charge in [0.15, 0.2) is 6.10 Å². The number of nitrogens with one attached hydrogen (secondary N) is 1. The molecule has 0 bridgehead atoms. The zero-order valence-corrected chi connectivity index (χ0v) is 12.3. The number of carbonyl (C=O) groups excluding carboxylic acids is 1. The van der Waals surface area contributed by atoms with Crippen LogP contribution in [0.4, 0.5) is 5.69 Å². The van der Waals surface area contributed by atoms with Gasteiger partial charge in [0.05, 0.1) is 0 Å². The Balaban J connectivity index is 1.70. The molecular weight excluding hydrogens is 353 g/mol. The van der Waals surface area contributed by atoms with Gasteiger partial charge in [0.2, 0.25) is 0 Å². The van der Waals surface area contributed by atoms with Crippen molar-refractivity contribution in [3.8, 4) is 5.75 Å². The Kier molecular flexibility index (Phi) is 3.42. The first-order valence-corrected chi connectivity index (χ1v) is 7.11. The number of para-hydroxylation sites is 1. The first-order valence-electron chi connectivity index (χ1n) is 6.03. The van der Waals surface area contributed by atoms with Gasteiger partial charge >= 0.3 is 0 Å². The molecule has 1 heterocycles. The Hall–Kier alpha value is -1.56. The fraction of sp³-hybridized carbons (Fsp3) is 0.133. The summed E-state index contributed by atoms with van der Waals surface area (Å²) in [7, 11) is 0. The van der Waals surface area contributed by atoms with E-state index in [1.54, 1.807) is 0 Å². The molecule has 1 N–H and O–H groups in total. The largest absolute Gasteiger partial charge is 0.480 e. The molecule has 0 radical (unpaired) electrons. The van der Waals surface area contributed by atoms with E-state index >= 15 is 0 Å². The van der Waals surface area contributed by atoms with Crippen LogP contribution in [0.3, 0.4) is 0 Å². The zero-order valence-electron chi connectivity index (χ0n) is 10.1. The molecule has 0 saturated heterocycles. The van der Waals surface area contributed by atoms with E-state index in [1.165, 1.54) is 0 Å². The van der Waals surface area contributed by atoms with Gasteiger partial charge in [-0.1, -0.05) is 24.3 Å². The highest BCUT2D eigenvalue weighted by Gasteiger charge is 2.28. The van der Waals surface area contributed by atoms with Crippen LogP contribution in [0, 0.1) is 3.57 Å². The van der Waals surface area contributed by atoms with Gasteiger partial charge in [-0.3, -0.25) is 4.79 Å². The Morgan fingerprint density at radius 1 is 1.21 bits per heavy atom. The molecule has 1 amide bonds. The molecule has 96 valence electrons. The van der Waals surface area contributed by atoms with Crippen molar-refractivity contribution in [3.63, 3.8) is 0 Å². The van der Waals surface area contributed by atoms with Crippen molar-refractivity contribution < 1.29 is 9.53 Å². The van der Waals surface area contributed by atoms with Crippen LogP contribution in [0.25, 0.3) is 0 Å². The number of halogens is 1. The summed E-state index contributed by atoms with van der Waals surface area (Å²) in [5.74, 6) is 0.712. The maximum Gasteiger partial charge on any atom is 0.265 e. The van der Waals surface area contributed by atoms with Crippen molar-refractivity contribution in [2.45, 2.75) is 12.5 Å². The van der Waals surface area contributed by atoms with Crippen LogP contribution in [0.1, 0.15) is 5.56 Å². The van der Waals surface area contributed by atoms with Gasteiger partial charge in [-0.2, -0.15) is 0 Å². The molecular formula is C15H12INO2. The van der Waals surface area contributed by atoms with Gasteiger partial charge in [0.25, 0.3) is 5.91 Å². The fourth-order valence-electron chi connectivity index (χ4n) is 2.12. The summed E-state index contributed by atoms with van der Waals surface area (Å²) in [6, 6.07) is 15.5. The lowest BCUT2D eigenvalue weighted by Gasteiger charge is -2.11. The van der Waals surface area contributed by atoms with Crippen molar-refractivity contribution in [2.24, 2.45) is 0 Å². The van der Waals surface area contributed by atoms with Crippen molar-refractivity contribution in [3.05, 3.63) is 57.7 Å². The molecule has 0 unspecified atom stereocenters. The molecule has 1 aliphatic heterocycles. The zero-order chi connectivity index (χ0) is 13.2. The second-order valence-electron chi connectivity index (χ2n) is 4.42. The maximum absolute atomic E-state index is 12.2. The van der Waals surface area contributed by atoms with E-state index in [0.29, 0.717) is 6.42 Å². The molecule has 0 aliphatic carbocycles. The summed E-state index contributed by atoms with van der Waals surface area (Å²) >= 11 is 2.22. The molecule has 2 aromatic rings. The van der Waals surface area contributed by atoms with E-state index in [1.807, 2.05) is 48.5 Å². The molecule has 0 saturated carbocycles. The lowest BCUT2D eigenvalue weighted by molar-refractivity contribution is -0.122. The number of hydrogen-bond donors (Lipinski definition) is 1. The highest BCUT2D eigenvalue weighted by Crippen LogP contribution is 2.28. The predicted octanol–water partition coefficient (Wildman–Crippen LogP) is 3.23. The molecule has 3 nitrogen and oxygen atoms in total. The van der Waals surface area contributed by atoms with Crippen LogP contribution in [-0.2, 0) is 11.2 Å². The smallest absolute Gasteiger partial charge is 0.265 e. The molecule has 4 heteroatoms. The summed E-state index contributed by atoms with van der Waals surface area (Å²) in [6.07, 6.45) is 0.196. The van der Waals surface area contributed by atoms with E-state index in [2.05, 4.69) is 27.9 Å². The minimum atomic E-state index is -0.435. The molecule has 19 heavy (non-hydrogen) atoms. The highest BCUT2D eigenvalue weighted by molar-refractivity contribution is 14.1. The third-order valence-electron chi connectivity index (χ3n) is 3.03. The standard InChI is InChI=1S/C15H12INO2/c16-11-5-3-6-12(9-11)17-15(18)14-8-10-4-1-2-7-13(10)19-14/h1-7,9,14H,8H2,(H,17,18)/t14-/m0/s1. The topological polar surface area (TPSA) is 38.3 Å². The molecule has 1 atom stereocenters. The van der Waals surface area contributed by atoms with Crippen LogP contribution < -0.4 is 10.1 Å². The van der Waals surface area contributed by atoms with Gasteiger partial charge < -0.3 is 10.1 Å². The number of ether oxygens (including phenoxy) is 1. The maximum atomic E-state index is 12.2. The summed E-state index contributed by atoms with van der Waals surface area (Å²) in [5, 5.41) is 2.89. The van der Waals surface area contributed by atoms with Gasteiger partial charge in [0.1, 0.15) is 5.75 Å². The van der Waals surface area contributed by atoms with Gasteiger partial charge in [-0.25, -0.2) is 0 Å². The Morgan fingerprint density at radius 2 is 2.05 bits per heavy atom. The third-order valence-corrected chi connectivity index (χ3v) is 3.70. The quantitative estimate of drug-likeness (QED) is 0.830. The SMILES string of the molecule is O=C(Nc1cccc(I)c1)[C@@H]1Cc2ccccc2O1. The molecule has 3 rings (SSSR count). The number of rotatable bonds is 2. The Bertz CT molecular complexity index is 602. The van der Waals surface area contributed by atoms with Crippen LogP contribution in [0.5, 0.6) is 5.75 Å². The Labute approximate surface area is 125 Å². The average molecular weight is 365 g/mol. The number of amides is 1. The second-order valence-corrected chi connectivity index (χ2v) is 5.66. The van der Waals surface area contributed by atoms with E-state index in [4.69, 9.17) is 4.74 Å².